The van der Waals surface area contributed by atoms with Crippen LogP contribution in [0.25, 0.3) is 0 Å². The van der Waals surface area contributed by atoms with Crippen LogP contribution in [-0.2, 0) is 0 Å². The molecule has 0 bridgehead atoms. The van der Waals surface area contributed by atoms with Gasteiger partial charge >= 0.3 is 0 Å². The molecular formula is C6H11N. The van der Waals surface area contributed by atoms with E-state index in [1.807, 2.05) is 0 Å². The van der Waals surface area contributed by atoms with Crippen LogP contribution in [0.5, 0.6) is 0 Å². The van der Waals surface area contributed by atoms with Crippen molar-refractivity contribution in [1.82, 2.24) is 4.90 Å². The summed E-state index contributed by atoms with van der Waals surface area (Å²) in [5, 5.41) is 0. The molecule has 0 spiro atoms. The molecule has 1 atom stereocenters. The molecule has 0 unspecified atom stereocenters. The molecule has 0 N–H and O–H groups in total. The summed E-state index contributed by atoms with van der Waals surface area (Å²) in [6.07, 6.45) is 4.42. The predicted octanol–water partition coefficient (Wildman–Crippen LogP) is 0.876. The maximum absolute atomic E-state index is 2.29. The third kappa shape index (κ3) is 0.829. The monoisotopic (exact) mass is 97.1 g/mol. The van der Waals surface area contributed by atoms with Crippen LogP contribution in [0.1, 0.15) is 6.92 Å². The van der Waals surface area contributed by atoms with Crippen LogP contribution < -0.4 is 0 Å². The first-order valence-corrected chi connectivity index (χ1v) is 2.67. The van der Waals surface area contributed by atoms with Gasteiger partial charge in [0.15, 0.2) is 0 Å². The summed E-state index contributed by atoms with van der Waals surface area (Å²) < 4.78 is 0. The maximum atomic E-state index is 2.29. The number of hydrogen-bond donors (Lipinski definition) is 0. The Morgan fingerprint density at radius 3 is 2.57 bits per heavy atom. The first-order chi connectivity index (χ1) is 3.30. The fraction of sp³-hybridized carbons (Fsp3) is 0.667. The van der Waals surface area contributed by atoms with Gasteiger partial charge in [0, 0.05) is 12.6 Å². The van der Waals surface area contributed by atoms with E-state index in [4.69, 9.17) is 0 Å². The lowest BCUT2D eigenvalue weighted by Gasteiger charge is -2.12. The van der Waals surface area contributed by atoms with Gasteiger partial charge in [-0.3, -0.25) is 4.90 Å². The van der Waals surface area contributed by atoms with Gasteiger partial charge in [-0.2, -0.15) is 0 Å². The zero-order valence-electron chi connectivity index (χ0n) is 4.89. The topological polar surface area (TPSA) is 3.24 Å². The summed E-state index contributed by atoms with van der Waals surface area (Å²) in [5.41, 5.74) is 0. The Morgan fingerprint density at radius 2 is 2.43 bits per heavy atom. The second-order valence-corrected chi connectivity index (χ2v) is 2.11. The summed E-state index contributed by atoms with van der Waals surface area (Å²) in [6, 6.07) is 0.667. The van der Waals surface area contributed by atoms with E-state index in [0.717, 1.165) is 6.54 Å². The van der Waals surface area contributed by atoms with Crippen molar-refractivity contribution in [3.8, 4) is 0 Å². The largest absolute Gasteiger partial charge is 0.297 e. The Labute approximate surface area is 44.6 Å². The summed E-state index contributed by atoms with van der Waals surface area (Å²) in [6.45, 7) is 3.32. The molecule has 1 heteroatoms. The Kier molecular flexibility index (Phi) is 1.15. The molecule has 40 valence electrons. The van der Waals surface area contributed by atoms with E-state index in [1.165, 1.54) is 0 Å². The normalized spacial score (nSPS) is 32.0. The van der Waals surface area contributed by atoms with Gasteiger partial charge in [-0.25, -0.2) is 0 Å². The van der Waals surface area contributed by atoms with Crippen LogP contribution in [0, 0.1) is 0 Å². The molecule has 1 heterocycles. The van der Waals surface area contributed by atoms with E-state index in [1.54, 1.807) is 0 Å². The minimum atomic E-state index is 0.667. The molecule has 0 aromatic rings. The molecule has 0 aromatic carbocycles. The molecule has 0 saturated carbocycles. The Hall–Kier alpha value is -0.300. The number of rotatable bonds is 0. The van der Waals surface area contributed by atoms with E-state index >= 15 is 0 Å². The van der Waals surface area contributed by atoms with Crippen LogP contribution in [0.2, 0.25) is 0 Å². The van der Waals surface area contributed by atoms with E-state index in [9.17, 15) is 0 Å². The molecule has 0 amide bonds. The first kappa shape index (κ1) is 4.85. The molecule has 0 radical (unpaired) electrons. The lowest BCUT2D eigenvalue weighted by Crippen LogP contribution is -2.21. The van der Waals surface area contributed by atoms with Gasteiger partial charge in [0.25, 0.3) is 0 Å². The van der Waals surface area contributed by atoms with Crippen LogP contribution >= 0.6 is 0 Å². The lowest BCUT2D eigenvalue weighted by molar-refractivity contribution is 0.352. The van der Waals surface area contributed by atoms with Crippen LogP contribution in [0.4, 0.5) is 0 Å². The highest BCUT2D eigenvalue weighted by Crippen LogP contribution is 2.03. The first-order valence-electron chi connectivity index (χ1n) is 2.67. The highest BCUT2D eigenvalue weighted by Gasteiger charge is 2.07. The van der Waals surface area contributed by atoms with Crippen molar-refractivity contribution in [2.75, 3.05) is 13.6 Å². The second kappa shape index (κ2) is 1.66. The quantitative estimate of drug-likeness (QED) is 0.405. The molecule has 1 aliphatic rings. The molecule has 1 aliphatic heterocycles. The molecule has 0 aromatic heterocycles. The highest BCUT2D eigenvalue weighted by molar-refractivity contribution is 5.00. The van der Waals surface area contributed by atoms with Gasteiger partial charge in [0.1, 0.15) is 0 Å². The minimum absolute atomic E-state index is 0.667. The Morgan fingerprint density at radius 1 is 1.71 bits per heavy atom. The average molecular weight is 97.2 g/mol. The smallest absolute Gasteiger partial charge is 0.0250 e. The Bertz CT molecular complexity index is 86.2. The third-order valence-corrected chi connectivity index (χ3v) is 1.50. The fourth-order valence-electron chi connectivity index (χ4n) is 0.737. The highest BCUT2D eigenvalue weighted by atomic mass is 15.1. The van der Waals surface area contributed by atoms with E-state index < -0.39 is 0 Å². The molecule has 1 nitrogen and oxygen atoms in total. The van der Waals surface area contributed by atoms with Crippen LogP contribution in [-0.4, -0.2) is 24.5 Å². The molecule has 0 fully saturated rings. The van der Waals surface area contributed by atoms with Gasteiger partial charge in [-0.05, 0) is 14.0 Å². The molecule has 7 heavy (non-hydrogen) atoms. The van der Waals surface area contributed by atoms with Crippen LogP contribution in [0.3, 0.4) is 0 Å². The number of likely N-dealkylation sites (N-methyl/N-ethyl adjacent to an activating group) is 1. The van der Waals surface area contributed by atoms with Gasteiger partial charge in [-0.15, -0.1) is 0 Å². The zero-order valence-corrected chi connectivity index (χ0v) is 4.89. The van der Waals surface area contributed by atoms with Gasteiger partial charge in [0.05, 0.1) is 0 Å². The van der Waals surface area contributed by atoms with Crippen molar-refractivity contribution < 1.29 is 0 Å². The van der Waals surface area contributed by atoms with Crippen molar-refractivity contribution in [3.05, 3.63) is 12.2 Å². The molecule has 0 saturated heterocycles. The molecule has 0 aliphatic carbocycles. The average Bonchev–Trinajstić information content (AvgIpc) is 1.91. The molecule has 1 rings (SSSR count). The van der Waals surface area contributed by atoms with Crippen molar-refractivity contribution in [2.24, 2.45) is 0 Å². The summed E-state index contributed by atoms with van der Waals surface area (Å²) >= 11 is 0. The second-order valence-electron chi connectivity index (χ2n) is 2.11. The maximum Gasteiger partial charge on any atom is 0.0250 e. The Balaban J connectivity index is 2.45. The van der Waals surface area contributed by atoms with Crippen molar-refractivity contribution >= 4 is 0 Å². The van der Waals surface area contributed by atoms with Gasteiger partial charge < -0.3 is 0 Å². The van der Waals surface area contributed by atoms with Gasteiger partial charge in [-0.1, -0.05) is 12.2 Å². The van der Waals surface area contributed by atoms with E-state index in [-0.39, 0.29) is 0 Å². The van der Waals surface area contributed by atoms with Crippen molar-refractivity contribution in [1.29, 1.82) is 0 Å². The van der Waals surface area contributed by atoms with Crippen LogP contribution in [0.15, 0.2) is 12.2 Å². The number of hydrogen-bond acceptors (Lipinski definition) is 1. The third-order valence-electron chi connectivity index (χ3n) is 1.50. The predicted molar refractivity (Wildman–Crippen MR) is 31.2 cm³/mol. The summed E-state index contributed by atoms with van der Waals surface area (Å²) in [7, 11) is 2.13. The molecular weight excluding hydrogens is 86.1 g/mol. The SMILES string of the molecule is C[C@@H]1C=CCN1C. The lowest BCUT2D eigenvalue weighted by atomic mass is 10.3. The van der Waals surface area contributed by atoms with Crippen molar-refractivity contribution in [3.63, 3.8) is 0 Å². The van der Waals surface area contributed by atoms with E-state index in [2.05, 4.69) is 31.0 Å². The summed E-state index contributed by atoms with van der Waals surface area (Å²) in [4.78, 5) is 2.29. The minimum Gasteiger partial charge on any atom is -0.297 e. The van der Waals surface area contributed by atoms with Crippen molar-refractivity contribution in [2.45, 2.75) is 13.0 Å². The number of nitrogens with zero attached hydrogens (tertiary/aromatic N) is 1. The fourth-order valence-corrected chi connectivity index (χ4v) is 0.737. The van der Waals surface area contributed by atoms with E-state index in [0.29, 0.717) is 6.04 Å². The zero-order chi connectivity index (χ0) is 5.28. The standard InChI is InChI=1S/C6H11N/c1-6-4-3-5-7(6)2/h3-4,6H,5H2,1-2H3/t6-/m1/s1. The van der Waals surface area contributed by atoms with Gasteiger partial charge in [0.2, 0.25) is 0 Å². The summed E-state index contributed by atoms with van der Waals surface area (Å²) in [5.74, 6) is 0.